The van der Waals surface area contributed by atoms with Gasteiger partial charge in [0, 0.05) is 49.9 Å². The Bertz CT molecular complexity index is 630. The van der Waals surface area contributed by atoms with E-state index in [0.29, 0.717) is 19.8 Å². The highest BCUT2D eigenvalue weighted by molar-refractivity contribution is 7.13. The molecule has 0 spiro atoms. The maximum absolute atomic E-state index is 10.2. The molecule has 2 heterocycles. The van der Waals surface area contributed by atoms with E-state index in [1.807, 2.05) is 35.8 Å². The highest BCUT2D eigenvalue weighted by atomic mass is 32.1. The van der Waals surface area contributed by atoms with E-state index >= 15 is 0 Å². The Morgan fingerprint density at radius 2 is 2.04 bits per heavy atom. The number of anilines is 1. The predicted octanol–water partition coefficient (Wildman–Crippen LogP) is 1.85. The quantitative estimate of drug-likeness (QED) is 0.772. The van der Waals surface area contributed by atoms with Crippen LogP contribution in [-0.2, 0) is 11.3 Å². The van der Waals surface area contributed by atoms with Crippen LogP contribution >= 0.6 is 11.3 Å². The number of β-amino-alcohol motifs (C(OH)–C–C–N with tert-alkyl or cyclic N) is 1. The van der Waals surface area contributed by atoms with Crippen LogP contribution in [0.4, 0.5) is 5.13 Å². The third-order valence-electron chi connectivity index (χ3n) is 4.29. The number of aliphatic hydroxyl groups is 1. The van der Waals surface area contributed by atoms with Crippen molar-refractivity contribution in [1.29, 1.82) is 0 Å². The van der Waals surface area contributed by atoms with Crippen LogP contribution in [0.15, 0.2) is 35.8 Å². The summed E-state index contributed by atoms with van der Waals surface area (Å²) in [5, 5.41) is 13.3. The zero-order valence-electron chi connectivity index (χ0n) is 14.5. The summed E-state index contributed by atoms with van der Waals surface area (Å²) in [4.78, 5) is 8.93. The van der Waals surface area contributed by atoms with Crippen molar-refractivity contribution < 1.29 is 14.6 Å². The van der Waals surface area contributed by atoms with Gasteiger partial charge in [0.1, 0.15) is 5.75 Å². The van der Waals surface area contributed by atoms with Gasteiger partial charge in [0.25, 0.3) is 0 Å². The smallest absolute Gasteiger partial charge is 0.185 e. The first-order valence-electron chi connectivity index (χ1n) is 8.51. The molecule has 1 aliphatic rings. The summed E-state index contributed by atoms with van der Waals surface area (Å²) < 4.78 is 11.0. The van der Waals surface area contributed by atoms with E-state index in [1.165, 1.54) is 0 Å². The molecule has 1 fully saturated rings. The lowest BCUT2D eigenvalue weighted by atomic mass is 10.2. The molecule has 1 aliphatic heterocycles. The Kier molecular flexibility index (Phi) is 6.63. The van der Waals surface area contributed by atoms with Crippen molar-refractivity contribution in [3.05, 3.63) is 41.4 Å². The molecular formula is C18H25N3O3S. The number of hydrogen-bond acceptors (Lipinski definition) is 7. The normalized spacial score (nSPS) is 16.8. The molecule has 7 heteroatoms. The molecule has 1 aromatic heterocycles. The fourth-order valence-electron chi connectivity index (χ4n) is 2.97. The van der Waals surface area contributed by atoms with Gasteiger partial charge < -0.3 is 19.5 Å². The molecule has 0 radical (unpaired) electrons. The number of methoxy groups -OCH3 is 1. The maximum atomic E-state index is 10.2. The topological polar surface area (TPSA) is 58.1 Å². The Labute approximate surface area is 152 Å². The first kappa shape index (κ1) is 18.1. The highest BCUT2D eigenvalue weighted by Crippen LogP contribution is 2.19. The molecule has 3 rings (SSSR count). The number of piperazine rings is 1. The number of para-hydroxylation sites is 1. The zero-order chi connectivity index (χ0) is 17.5. The molecule has 136 valence electrons. The summed E-state index contributed by atoms with van der Waals surface area (Å²) in [5.41, 5.74) is 0.995. The van der Waals surface area contributed by atoms with Crippen molar-refractivity contribution in [3.63, 3.8) is 0 Å². The molecule has 0 bridgehead atoms. The minimum atomic E-state index is -0.485. The van der Waals surface area contributed by atoms with Crippen molar-refractivity contribution in [2.75, 3.05) is 51.3 Å². The fraction of sp³-hybridized carbons (Fsp3) is 0.500. The van der Waals surface area contributed by atoms with E-state index in [2.05, 4.69) is 14.8 Å². The molecule has 1 aromatic carbocycles. The Balaban J connectivity index is 1.36. The highest BCUT2D eigenvalue weighted by Gasteiger charge is 2.20. The molecule has 6 nitrogen and oxygen atoms in total. The lowest BCUT2D eigenvalue weighted by Gasteiger charge is -2.35. The number of nitrogens with zero attached hydrogens (tertiary/aromatic N) is 3. The van der Waals surface area contributed by atoms with E-state index in [-0.39, 0.29) is 0 Å². The fourth-order valence-corrected chi connectivity index (χ4v) is 3.67. The summed E-state index contributed by atoms with van der Waals surface area (Å²) in [5.74, 6) is 0.815. The van der Waals surface area contributed by atoms with Gasteiger partial charge in [-0.3, -0.25) is 4.90 Å². The van der Waals surface area contributed by atoms with Crippen molar-refractivity contribution in [3.8, 4) is 5.75 Å². The molecule has 2 aromatic rings. The minimum absolute atomic E-state index is 0.324. The zero-order valence-corrected chi connectivity index (χ0v) is 15.3. The molecule has 1 saturated heterocycles. The number of benzene rings is 1. The monoisotopic (exact) mass is 363 g/mol. The molecule has 0 aliphatic carbocycles. The number of hydrogen-bond donors (Lipinski definition) is 1. The minimum Gasteiger partial charge on any atom is -0.496 e. The first-order chi connectivity index (χ1) is 12.3. The van der Waals surface area contributed by atoms with Gasteiger partial charge in [0.05, 0.1) is 26.4 Å². The summed E-state index contributed by atoms with van der Waals surface area (Å²) in [6, 6.07) is 7.78. The summed E-state index contributed by atoms with van der Waals surface area (Å²) in [6.45, 7) is 5.16. The van der Waals surface area contributed by atoms with Gasteiger partial charge >= 0.3 is 0 Å². The van der Waals surface area contributed by atoms with E-state index in [1.54, 1.807) is 18.4 Å². The lowest BCUT2D eigenvalue weighted by Crippen LogP contribution is -2.49. The molecule has 1 atom stereocenters. The average molecular weight is 363 g/mol. The second-order valence-electron chi connectivity index (χ2n) is 6.08. The molecule has 25 heavy (non-hydrogen) atoms. The SMILES string of the molecule is COc1ccccc1COCC(O)CN1CCN(c2nccs2)CC1. The van der Waals surface area contributed by atoms with Crippen LogP contribution in [-0.4, -0.2) is 67.5 Å². The molecule has 1 unspecified atom stereocenters. The van der Waals surface area contributed by atoms with Gasteiger partial charge in [-0.25, -0.2) is 4.98 Å². The van der Waals surface area contributed by atoms with E-state index < -0.39 is 6.10 Å². The van der Waals surface area contributed by atoms with E-state index in [9.17, 15) is 5.11 Å². The van der Waals surface area contributed by atoms with Crippen LogP contribution in [0.25, 0.3) is 0 Å². The molecule has 1 N–H and O–H groups in total. The van der Waals surface area contributed by atoms with Crippen LogP contribution in [0.2, 0.25) is 0 Å². The number of thiazole rings is 1. The van der Waals surface area contributed by atoms with Crippen molar-refractivity contribution >= 4 is 16.5 Å². The Morgan fingerprint density at radius 3 is 2.76 bits per heavy atom. The van der Waals surface area contributed by atoms with Gasteiger partial charge in [-0.1, -0.05) is 18.2 Å². The average Bonchev–Trinajstić information content (AvgIpc) is 3.17. The van der Waals surface area contributed by atoms with Gasteiger partial charge in [-0.15, -0.1) is 11.3 Å². The summed E-state index contributed by atoms with van der Waals surface area (Å²) in [6.07, 6.45) is 1.36. The van der Waals surface area contributed by atoms with Crippen LogP contribution in [0.1, 0.15) is 5.56 Å². The standard InChI is InChI=1S/C18H25N3O3S/c1-23-17-5-3-2-4-15(17)13-24-14-16(22)12-20-7-9-21(10-8-20)18-19-6-11-25-18/h2-6,11,16,22H,7-10,12-14H2,1H3. The number of aromatic nitrogens is 1. The molecular weight excluding hydrogens is 338 g/mol. The second kappa shape index (κ2) is 9.15. The molecule has 0 amide bonds. The Hall–Kier alpha value is -1.67. The van der Waals surface area contributed by atoms with Crippen molar-refractivity contribution in [1.82, 2.24) is 9.88 Å². The predicted molar refractivity (Wildman–Crippen MR) is 99.4 cm³/mol. The largest absolute Gasteiger partial charge is 0.496 e. The number of rotatable bonds is 8. The first-order valence-corrected chi connectivity index (χ1v) is 9.38. The third-order valence-corrected chi connectivity index (χ3v) is 5.12. The second-order valence-corrected chi connectivity index (χ2v) is 6.96. The number of ether oxygens (including phenoxy) is 2. The molecule has 0 saturated carbocycles. The van der Waals surface area contributed by atoms with Crippen LogP contribution < -0.4 is 9.64 Å². The van der Waals surface area contributed by atoms with Crippen molar-refractivity contribution in [2.45, 2.75) is 12.7 Å². The maximum Gasteiger partial charge on any atom is 0.185 e. The number of aliphatic hydroxyl groups excluding tert-OH is 1. The van der Waals surface area contributed by atoms with E-state index in [0.717, 1.165) is 42.6 Å². The van der Waals surface area contributed by atoms with Crippen molar-refractivity contribution in [2.24, 2.45) is 0 Å². The summed E-state index contributed by atoms with van der Waals surface area (Å²) >= 11 is 1.67. The summed E-state index contributed by atoms with van der Waals surface area (Å²) in [7, 11) is 1.65. The third kappa shape index (κ3) is 5.15. The van der Waals surface area contributed by atoms with Gasteiger partial charge in [-0.05, 0) is 6.07 Å². The lowest BCUT2D eigenvalue weighted by molar-refractivity contribution is 0.00866. The van der Waals surface area contributed by atoms with E-state index in [4.69, 9.17) is 9.47 Å². The van der Waals surface area contributed by atoms with Crippen LogP contribution in [0.5, 0.6) is 5.75 Å². The Morgan fingerprint density at radius 1 is 1.24 bits per heavy atom. The van der Waals surface area contributed by atoms with Crippen LogP contribution in [0, 0.1) is 0 Å². The van der Waals surface area contributed by atoms with Gasteiger partial charge in [-0.2, -0.15) is 0 Å². The van der Waals surface area contributed by atoms with Crippen LogP contribution in [0.3, 0.4) is 0 Å². The van der Waals surface area contributed by atoms with Gasteiger partial charge in [0.2, 0.25) is 0 Å². The van der Waals surface area contributed by atoms with Gasteiger partial charge in [0.15, 0.2) is 5.13 Å².